The number of carbonyl (C=O) groups is 1. The number of hydrogen-bond donors (Lipinski definition) is 1. The number of nitrogens with zero attached hydrogens (tertiary/aromatic N) is 2. The maximum absolute atomic E-state index is 12.8. The number of aryl methyl sites for hydroxylation is 1. The van der Waals surface area contributed by atoms with Crippen LogP contribution in [0.15, 0.2) is 54.6 Å². The first-order chi connectivity index (χ1) is 13.0. The number of benzene rings is 2. The van der Waals surface area contributed by atoms with Gasteiger partial charge in [-0.05, 0) is 63.9 Å². The Bertz CT molecular complexity index is 823. The van der Waals surface area contributed by atoms with Crippen LogP contribution in [-0.2, 0) is 5.54 Å². The Balaban J connectivity index is 1.57. The van der Waals surface area contributed by atoms with Crippen LogP contribution in [0.1, 0.15) is 36.8 Å². The lowest BCUT2D eigenvalue weighted by atomic mass is 9.69. The number of carbonyl (C=O) groups excluding carboxylic acids is 1. The van der Waals surface area contributed by atoms with Crippen LogP contribution in [-0.4, -0.2) is 37.1 Å². The fourth-order valence-corrected chi connectivity index (χ4v) is 4.94. The second kappa shape index (κ2) is 6.68. The molecule has 2 aliphatic rings. The minimum Gasteiger partial charge on any atom is -0.330 e. The topological polar surface area (TPSA) is 35.6 Å². The van der Waals surface area contributed by atoms with E-state index >= 15 is 0 Å². The van der Waals surface area contributed by atoms with Crippen LogP contribution in [0.25, 0.3) is 0 Å². The van der Waals surface area contributed by atoms with Crippen molar-refractivity contribution in [2.24, 2.45) is 0 Å². The molecule has 1 saturated carbocycles. The molecule has 1 aliphatic carbocycles. The minimum atomic E-state index is -0.117. The summed E-state index contributed by atoms with van der Waals surface area (Å²) < 4.78 is 0. The number of rotatable bonds is 3. The Morgan fingerprint density at radius 3 is 2.19 bits per heavy atom. The third-order valence-electron chi connectivity index (χ3n) is 6.69. The van der Waals surface area contributed by atoms with Crippen molar-refractivity contribution < 1.29 is 4.79 Å². The van der Waals surface area contributed by atoms with E-state index in [1.807, 2.05) is 23.1 Å². The molecule has 27 heavy (non-hydrogen) atoms. The molecule has 4 rings (SSSR count). The smallest absolute Gasteiger partial charge is 0.322 e. The van der Waals surface area contributed by atoms with Gasteiger partial charge in [0.15, 0.2) is 0 Å². The first-order valence-electron chi connectivity index (χ1n) is 9.84. The zero-order valence-electron chi connectivity index (χ0n) is 16.5. The average molecular weight is 364 g/mol. The van der Waals surface area contributed by atoms with Crippen molar-refractivity contribution in [1.29, 1.82) is 0 Å². The molecule has 0 bridgehead atoms. The van der Waals surface area contributed by atoms with E-state index in [9.17, 15) is 4.79 Å². The van der Waals surface area contributed by atoms with Crippen LogP contribution < -0.4 is 10.2 Å². The molecule has 4 nitrogen and oxygen atoms in total. The highest BCUT2D eigenvalue weighted by atomic mass is 16.2. The summed E-state index contributed by atoms with van der Waals surface area (Å²) in [7, 11) is 4.36. The monoisotopic (exact) mass is 363 g/mol. The predicted octanol–water partition coefficient (Wildman–Crippen LogP) is 4.29. The zero-order chi connectivity index (χ0) is 19.1. The predicted molar refractivity (Wildman–Crippen MR) is 110 cm³/mol. The van der Waals surface area contributed by atoms with E-state index in [1.54, 1.807) is 0 Å². The maximum atomic E-state index is 12.8. The molecule has 2 fully saturated rings. The van der Waals surface area contributed by atoms with Gasteiger partial charge in [0.25, 0.3) is 0 Å². The molecule has 0 radical (unpaired) electrons. The quantitative estimate of drug-likeness (QED) is 0.883. The lowest BCUT2D eigenvalue weighted by Gasteiger charge is -2.48. The van der Waals surface area contributed by atoms with Crippen LogP contribution >= 0.6 is 0 Å². The normalized spacial score (nSPS) is 28.0. The molecule has 0 atom stereocenters. The minimum absolute atomic E-state index is 0.0429. The van der Waals surface area contributed by atoms with Gasteiger partial charge in [-0.15, -0.1) is 0 Å². The highest BCUT2D eigenvalue weighted by Crippen LogP contribution is 2.46. The number of urea groups is 1. The van der Waals surface area contributed by atoms with Crippen molar-refractivity contribution in [3.05, 3.63) is 65.7 Å². The Labute approximate surface area is 162 Å². The average Bonchev–Trinajstić information content (AvgIpc) is 2.99. The molecule has 2 aromatic carbocycles. The summed E-state index contributed by atoms with van der Waals surface area (Å²) in [4.78, 5) is 17.1. The second-order valence-corrected chi connectivity index (χ2v) is 8.38. The van der Waals surface area contributed by atoms with Crippen molar-refractivity contribution in [3.63, 3.8) is 0 Å². The summed E-state index contributed by atoms with van der Waals surface area (Å²) in [5, 5.41) is 3.34. The van der Waals surface area contributed by atoms with Gasteiger partial charge >= 0.3 is 6.03 Å². The highest BCUT2D eigenvalue weighted by Gasteiger charge is 2.50. The van der Waals surface area contributed by atoms with Gasteiger partial charge in [0.05, 0.1) is 12.1 Å². The van der Waals surface area contributed by atoms with E-state index in [4.69, 9.17) is 0 Å². The van der Waals surface area contributed by atoms with Gasteiger partial charge in [-0.3, -0.25) is 9.80 Å². The molecule has 0 aromatic heterocycles. The van der Waals surface area contributed by atoms with Crippen LogP contribution in [0.5, 0.6) is 0 Å². The molecule has 1 spiro atoms. The summed E-state index contributed by atoms with van der Waals surface area (Å²) in [6.45, 7) is 2.83. The fourth-order valence-electron chi connectivity index (χ4n) is 4.94. The summed E-state index contributed by atoms with van der Waals surface area (Å²) in [5.74, 6) is 0. The van der Waals surface area contributed by atoms with Crippen LogP contribution in [0.4, 0.5) is 10.5 Å². The zero-order valence-corrected chi connectivity index (χ0v) is 16.5. The molecule has 1 N–H and O–H groups in total. The fraction of sp³-hybridized carbons (Fsp3) is 0.435. The van der Waals surface area contributed by atoms with Gasteiger partial charge in [-0.25, -0.2) is 4.79 Å². The van der Waals surface area contributed by atoms with Crippen LogP contribution in [0.3, 0.4) is 0 Å². The van der Waals surface area contributed by atoms with E-state index in [2.05, 4.69) is 67.6 Å². The lowest BCUT2D eigenvalue weighted by Crippen LogP contribution is -2.54. The Kier molecular flexibility index (Phi) is 4.47. The highest BCUT2D eigenvalue weighted by molar-refractivity contribution is 5.96. The molecule has 2 aromatic rings. The van der Waals surface area contributed by atoms with Crippen molar-refractivity contribution in [2.45, 2.75) is 43.7 Å². The Hall–Kier alpha value is -2.33. The molecule has 142 valence electrons. The first kappa shape index (κ1) is 18.1. The van der Waals surface area contributed by atoms with E-state index in [1.165, 1.54) is 5.56 Å². The van der Waals surface area contributed by atoms with Gasteiger partial charge in [0.2, 0.25) is 0 Å². The van der Waals surface area contributed by atoms with E-state index in [0.717, 1.165) is 43.5 Å². The van der Waals surface area contributed by atoms with E-state index in [0.29, 0.717) is 0 Å². The first-order valence-corrected chi connectivity index (χ1v) is 9.84. The molecule has 1 saturated heterocycles. The van der Waals surface area contributed by atoms with Gasteiger partial charge in [0.1, 0.15) is 0 Å². The number of nitrogens with one attached hydrogen (secondary N) is 1. The maximum Gasteiger partial charge on any atom is 0.322 e. The van der Waals surface area contributed by atoms with Crippen molar-refractivity contribution >= 4 is 11.7 Å². The summed E-state index contributed by atoms with van der Waals surface area (Å²) in [5.41, 5.74) is 3.48. The molecule has 1 aliphatic heterocycles. The SMILES string of the molecule is Cc1ccccc1N1C[C@]2(CC[C@](c3ccccc3)(N(C)C)CC2)NC1=O. The third-order valence-corrected chi connectivity index (χ3v) is 6.69. The van der Waals surface area contributed by atoms with Crippen LogP contribution in [0, 0.1) is 6.92 Å². The van der Waals surface area contributed by atoms with Crippen molar-refractivity contribution in [1.82, 2.24) is 10.2 Å². The third kappa shape index (κ3) is 3.02. The summed E-state index contributed by atoms with van der Waals surface area (Å²) in [6, 6.07) is 19.0. The summed E-state index contributed by atoms with van der Waals surface area (Å²) >= 11 is 0. The van der Waals surface area contributed by atoms with Crippen LogP contribution in [0.2, 0.25) is 0 Å². The number of anilines is 1. The van der Waals surface area contributed by atoms with Gasteiger partial charge in [-0.2, -0.15) is 0 Å². The molecule has 1 heterocycles. The van der Waals surface area contributed by atoms with Crippen molar-refractivity contribution in [3.8, 4) is 0 Å². The second-order valence-electron chi connectivity index (χ2n) is 8.38. The Morgan fingerprint density at radius 1 is 0.926 bits per heavy atom. The number of amides is 2. The molecule has 4 heteroatoms. The van der Waals surface area contributed by atoms with Crippen molar-refractivity contribution in [2.75, 3.05) is 25.5 Å². The summed E-state index contributed by atoms with van der Waals surface area (Å²) in [6.07, 6.45) is 4.08. The molecular formula is C23H29N3O. The molecule has 0 unspecified atom stereocenters. The van der Waals surface area contributed by atoms with Gasteiger partial charge in [0, 0.05) is 11.2 Å². The molecule has 2 amide bonds. The van der Waals surface area contributed by atoms with Gasteiger partial charge in [-0.1, -0.05) is 48.5 Å². The largest absolute Gasteiger partial charge is 0.330 e. The Morgan fingerprint density at radius 2 is 1.56 bits per heavy atom. The van der Waals surface area contributed by atoms with E-state index < -0.39 is 0 Å². The lowest BCUT2D eigenvalue weighted by molar-refractivity contribution is 0.0658. The standard InChI is InChI=1S/C23H29N3O/c1-18-9-7-8-12-20(18)26-17-22(24-21(26)27)13-15-23(16-14-22,25(2)3)19-10-5-4-6-11-19/h4-12H,13-17H2,1-3H3,(H,24,27)/t22-,23+. The van der Waals surface area contributed by atoms with E-state index in [-0.39, 0.29) is 17.1 Å². The number of para-hydroxylation sites is 1. The molecular weight excluding hydrogens is 334 g/mol. The number of hydrogen-bond acceptors (Lipinski definition) is 2. The van der Waals surface area contributed by atoms with Gasteiger partial charge < -0.3 is 5.32 Å².